The molecule has 0 saturated carbocycles. The van der Waals surface area contributed by atoms with E-state index in [0.717, 1.165) is 57.8 Å². The van der Waals surface area contributed by atoms with Gasteiger partial charge in [-0.15, -0.1) is 0 Å². The molecule has 0 aliphatic carbocycles. The molecule has 1 fully saturated rings. The highest BCUT2D eigenvalue weighted by atomic mass is 16.3. The van der Waals surface area contributed by atoms with Gasteiger partial charge in [0.25, 0.3) is 12.1 Å². The molecule has 2 amide bonds. The summed E-state index contributed by atoms with van der Waals surface area (Å²) in [6, 6.07) is 0.00172. The molecular formula is C31H45N4O3+. The van der Waals surface area contributed by atoms with Crippen molar-refractivity contribution in [2.75, 3.05) is 13.1 Å². The van der Waals surface area contributed by atoms with Gasteiger partial charge in [-0.25, -0.2) is 0 Å². The molecule has 206 valence electrons. The Kier molecular flexibility index (Phi) is 15.1. The number of unbranched alkanes of at least 4 members (excludes halogenated alkanes) is 1. The van der Waals surface area contributed by atoms with Gasteiger partial charge in [-0.2, -0.15) is 0 Å². The Morgan fingerprint density at radius 1 is 0.921 bits per heavy atom. The summed E-state index contributed by atoms with van der Waals surface area (Å²) in [6.45, 7) is 5.17. The largest absolute Gasteiger partial charge is 0.348 e. The van der Waals surface area contributed by atoms with Crippen molar-refractivity contribution in [1.29, 1.82) is 0 Å². The predicted molar refractivity (Wildman–Crippen MR) is 154 cm³/mol. The van der Waals surface area contributed by atoms with E-state index >= 15 is 0 Å². The standard InChI is InChI=1S/C31H44N4O3/c1-3-4-5-6-7-8-9-10-11-12-13-14-15-16-17-18-19-20-30(36)34-23-21-28(22-24-34)33-31(37)29-26-35(38)25-27(2)32-29/h4-5,7-8,10-11,13-14,16-17,25-26,28H,3,6,9,12,15,18-24H2,1-2H3,(H-,32,33,37,38)/p+1/b5-4-,8-7-,11-10-,14-13-,17-16-. The minimum atomic E-state index is -0.292. The molecule has 0 spiro atoms. The Bertz CT molecular complexity index is 1060. The van der Waals surface area contributed by atoms with E-state index in [2.05, 4.69) is 78.0 Å². The number of nitrogens with zero attached hydrogens (tertiary/aromatic N) is 2. The van der Waals surface area contributed by atoms with Crippen molar-refractivity contribution in [3.63, 3.8) is 0 Å². The van der Waals surface area contributed by atoms with Gasteiger partial charge in [0.05, 0.1) is 10.1 Å². The number of hydrogen-bond acceptors (Lipinski definition) is 3. The van der Waals surface area contributed by atoms with Crippen LogP contribution in [0.15, 0.2) is 73.2 Å². The monoisotopic (exact) mass is 521 g/mol. The van der Waals surface area contributed by atoms with Crippen LogP contribution in [0.3, 0.4) is 0 Å². The van der Waals surface area contributed by atoms with Crippen molar-refractivity contribution in [2.45, 2.75) is 84.1 Å². The number of aromatic amines is 1. The molecule has 1 saturated heterocycles. The van der Waals surface area contributed by atoms with Crippen molar-refractivity contribution >= 4 is 11.8 Å². The summed E-state index contributed by atoms with van der Waals surface area (Å²) in [5.41, 5.74) is 0.867. The molecule has 0 aromatic carbocycles. The fourth-order valence-electron chi connectivity index (χ4n) is 4.18. The molecule has 1 aromatic heterocycles. The van der Waals surface area contributed by atoms with Crippen LogP contribution in [0.5, 0.6) is 0 Å². The van der Waals surface area contributed by atoms with Crippen LogP contribution < -0.4 is 9.74 Å². The Balaban J connectivity index is 1.51. The molecule has 2 N–H and O–H groups in total. The van der Waals surface area contributed by atoms with Crippen molar-refractivity contribution in [1.82, 2.24) is 15.2 Å². The fraction of sp³-hybridized carbons (Fsp3) is 0.484. The number of rotatable bonds is 15. The number of piperidine rings is 1. The summed E-state index contributed by atoms with van der Waals surface area (Å²) in [4.78, 5) is 41.3. The molecule has 1 aromatic rings. The van der Waals surface area contributed by atoms with E-state index in [0.29, 0.717) is 29.6 Å². The molecule has 0 bridgehead atoms. The van der Waals surface area contributed by atoms with Crippen LogP contribution in [0.2, 0.25) is 0 Å². The number of amides is 2. The van der Waals surface area contributed by atoms with Gasteiger partial charge in [0, 0.05) is 30.5 Å². The minimum absolute atomic E-state index is 0.00172. The quantitative estimate of drug-likeness (QED) is 0.172. The highest BCUT2D eigenvalue weighted by molar-refractivity contribution is 5.92. The van der Waals surface area contributed by atoms with Gasteiger partial charge in [-0.1, -0.05) is 67.7 Å². The summed E-state index contributed by atoms with van der Waals surface area (Å²) < 4.78 is 0.627. The molecule has 0 unspecified atom stereocenters. The number of likely N-dealkylation sites (tertiary alicyclic amines) is 1. The average Bonchev–Trinajstić information content (AvgIpc) is 2.90. The van der Waals surface area contributed by atoms with Crippen LogP contribution in [0.25, 0.3) is 0 Å². The molecule has 7 heteroatoms. The fourth-order valence-corrected chi connectivity index (χ4v) is 4.18. The Morgan fingerprint density at radius 2 is 1.47 bits per heavy atom. The van der Waals surface area contributed by atoms with Gasteiger partial charge in [0.2, 0.25) is 12.1 Å². The van der Waals surface area contributed by atoms with Gasteiger partial charge in [0.15, 0.2) is 5.69 Å². The highest BCUT2D eigenvalue weighted by Gasteiger charge is 2.24. The Morgan fingerprint density at radius 3 is 2.03 bits per heavy atom. The molecule has 0 radical (unpaired) electrons. The topological polar surface area (TPSA) is 88.2 Å². The first-order valence-corrected chi connectivity index (χ1v) is 14.0. The third-order valence-electron chi connectivity index (χ3n) is 6.26. The Labute approximate surface area is 227 Å². The third-order valence-corrected chi connectivity index (χ3v) is 6.26. The first-order valence-electron chi connectivity index (χ1n) is 14.0. The van der Waals surface area contributed by atoms with Crippen LogP contribution in [-0.4, -0.2) is 40.8 Å². The molecule has 1 aliphatic heterocycles. The maximum absolute atomic E-state index is 12.5. The summed E-state index contributed by atoms with van der Waals surface area (Å²) >= 11 is 0. The van der Waals surface area contributed by atoms with Gasteiger partial charge in [-0.3, -0.25) is 9.59 Å². The first-order chi connectivity index (χ1) is 18.5. The zero-order valence-electron chi connectivity index (χ0n) is 23.1. The molecule has 2 rings (SSSR count). The Hall–Kier alpha value is -3.48. The highest BCUT2D eigenvalue weighted by Crippen LogP contribution is 2.13. The van der Waals surface area contributed by atoms with Crippen molar-refractivity contribution in [2.24, 2.45) is 0 Å². The van der Waals surface area contributed by atoms with E-state index in [4.69, 9.17) is 0 Å². The number of H-pyrrole nitrogens is 1. The lowest BCUT2D eigenvalue weighted by Gasteiger charge is -2.32. The minimum Gasteiger partial charge on any atom is -0.348 e. The molecule has 2 heterocycles. The lowest BCUT2D eigenvalue weighted by molar-refractivity contribution is -0.495. The molecule has 1 aliphatic rings. The summed E-state index contributed by atoms with van der Waals surface area (Å²) in [5.74, 6) is -0.110. The maximum atomic E-state index is 12.5. The van der Waals surface area contributed by atoms with Crippen LogP contribution >= 0.6 is 0 Å². The number of aromatic nitrogens is 2. The number of aryl methyl sites for hydroxylation is 1. The van der Waals surface area contributed by atoms with Crippen molar-refractivity contribution < 1.29 is 14.0 Å². The van der Waals surface area contributed by atoms with E-state index in [-0.39, 0.29) is 23.6 Å². The van der Waals surface area contributed by atoms with Gasteiger partial charge < -0.3 is 15.2 Å². The first kappa shape index (κ1) is 30.7. The van der Waals surface area contributed by atoms with Gasteiger partial charge in [-0.05, 0) is 64.7 Å². The van der Waals surface area contributed by atoms with Crippen LogP contribution in [-0.2, 0) is 4.79 Å². The maximum Gasteiger partial charge on any atom is 0.274 e. The zero-order chi connectivity index (χ0) is 27.4. The SMILES string of the molecule is CC/C=C\C/C=C\C/C=C\C/C=C\C/C=C\CCCC(=O)N1CCC(NC(=O)c2c[n+](=O)cc(C)[nH]2)CC1. The van der Waals surface area contributed by atoms with Gasteiger partial charge in [0.1, 0.15) is 0 Å². The third kappa shape index (κ3) is 13.2. The van der Waals surface area contributed by atoms with E-state index in [1.807, 2.05) is 4.90 Å². The second kappa shape index (κ2) is 18.7. The number of allylic oxidation sites excluding steroid dienone is 10. The molecule has 0 atom stereocenters. The zero-order valence-corrected chi connectivity index (χ0v) is 23.1. The van der Waals surface area contributed by atoms with E-state index in [9.17, 15) is 14.5 Å². The smallest absolute Gasteiger partial charge is 0.274 e. The summed E-state index contributed by atoms with van der Waals surface area (Å²) in [7, 11) is 0. The number of hydrogen-bond donors (Lipinski definition) is 2. The average molecular weight is 522 g/mol. The lowest BCUT2D eigenvalue weighted by Crippen LogP contribution is -2.46. The molecule has 38 heavy (non-hydrogen) atoms. The second-order valence-corrected chi connectivity index (χ2v) is 9.57. The summed E-state index contributed by atoms with van der Waals surface area (Å²) in [5, 5.41) is 2.97. The number of carbonyl (C=O) groups excluding carboxylic acids is 2. The second-order valence-electron chi connectivity index (χ2n) is 9.57. The van der Waals surface area contributed by atoms with Crippen LogP contribution in [0.1, 0.15) is 87.3 Å². The van der Waals surface area contributed by atoms with Crippen molar-refractivity contribution in [3.05, 3.63) is 89.4 Å². The van der Waals surface area contributed by atoms with E-state index in [1.54, 1.807) is 6.92 Å². The predicted octanol–water partition coefficient (Wildman–Crippen LogP) is 5.88. The summed E-state index contributed by atoms with van der Waals surface area (Å²) in [6.07, 6.45) is 33.2. The van der Waals surface area contributed by atoms with Crippen LogP contribution in [0.4, 0.5) is 0 Å². The van der Waals surface area contributed by atoms with Crippen molar-refractivity contribution in [3.8, 4) is 0 Å². The van der Waals surface area contributed by atoms with E-state index in [1.165, 1.54) is 12.4 Å². The molecule has 7 nitrogen and oxygen atoms in total. The normalized spacial score (nSPS) is 15.2. The molecular weight excluding hydrogens is 476 g/mol. The van der Waals surface area contributed by atoms with E-state index < -0.39 is 0 Å². The number of nitrogens with one attached hydrogen (secondary N) is 2. The lowest BCUT2D eigenvalue weighted by atomic mass is 10.0. The number of carbonyl (C=O) groups is 2. The van der Waals surface area contributed by atoms with Gasteiger partial charge >= 0.3 is 0 Å². The van der Waals surface area contributed by atoms with Crippen LogP contribution in [0, 0.1) is 11.8 Å².